The monoisotopic (exact) mass is 221 g/mol. The summed E-state index contributed by atoms with van der Waals surface area (Å²) in [5.74, 6) is 1.10. The van der Waals surface area contributed by atoms with E-state index >= 15 is 0 Å². The van der Waals surface area contributed by atoms with Gasteiger partial charge in [-0.25, -0.2) is 0 Å². The minimum Gasteiger partial charge on any atom is -0.316 e. The van der Waals surface area contributed by atoms with E-state index in [0.717, 1.165) is 25.1 Å². The molecular weight excluding hydrogens is 202 g/mol. The molecule has 4 heteroatoms. The largest absolute Gasteiger partial charge is 0.316 e. The number of nitrogens with one attached hydrogen (secondary N) is 1. The lowest BCUT2D eigenvalue weighted by Gasteiger charge is -2.11. The molecule has 0 spiro atoms. The summed E-state index contributed by atoms with van der Waals surface area (Å²) < 4.78 is 1.78. The Morgan fingerprint density at radius 3 is 3.00 bits per heavy atom. The van der Waals surface area contributed by atoms with Crippen molar-refractivity contribution in [1.82, 2.24) is 15.1 Å². The Bertz CT molecular complexity index is 372. The van der Waals surface area contributed by atoms with Gasteiger partial charge in [0.25, 0.3) is 0 Å². The summed E-state index contributed by atoms with van der Waals surface area (Å²) in [7, 11) is 1.90. The maximum Gasteiger partial charge on any atom is 0.137 e. The molecule has 88 valence electrons. The van der Waals surface area contributed by atoms with E-state index in [1.807, 2.05) is 19.4 Å². The fraction of sp³-hybridized carbons (Fsp3) is 0.667. The Kier molecular flexibility index (Phi) is 3.39. The van der Waals surface area contributed by atoms with Crippen LogP contribution in [0, 0.1) is 11.8 Å². The zero-order chi connectivity index (χ0) is 11.5. The third-order valence-corrected chi connectivity index (χ3v) is 3.35. The number of rotatable bonds is 4. The first-order valence-corrected chi connectivity index (χ1v) is 5.88. The molecule has 1 aliphatic heterocycles. The average Bonchev–Trinajstić information content (AvgIpc) is 2.84. The molecule has 1 saturated heterocycles. The Morgan fingerprint density at radius 2 is 2.44 bits per heavy atom. The Balaban J connectivity index is 1.83. The smallest absolute Gasteiger partial charge is 0.137 e. The molecule has 4 nitrogen and oxygen atoms in total. The molecule has 2 atom stereocenters. The second-order valence-electron chi connectivity index (χ2n) is 4.73. The van der Waals surface area contributed by atoms with Gasteiger partial charge in [-0.05, 0) is 24.4 Å². The van der Waals surface area contributed by atoms with Gasteiger partial charge >= 0.3 is 0 Å². The number of hydrogen-bond acceptors (Lipinski definition) is 3. The molecule has 16 heavy (non-hydrogen) atoms. The summed E-state index contributed by atoms with van der Waals surface area (Å²) >= 11 is 0. The number of nitrogens with zero attached hydrogens (tertiary/aromatic N) is 2. The van der Waals surface area contributed by atoms with Crippen LogP contribution in [-0.4, -0.2) is 28.7 Å². The number of aryl methyl sites for hydroxylation is 2. The number of ketones is 1. The van der Waals surface area contributed by atoms with Gasteiger partial charge in [-0.2, -0.15) is 5.10 Å². The van der Waals surface area contributed by atoms with Crippen LogP contribution in [-0.2, 0) is 18.3 Å². The van der Waals surface area contributed by atoms with Crippen molar-refractivity contribution in [3.05, 3.63) is 18.0 Å². The predicted molar refractivity (Wildman–Crippen MR) is 62.1 cm³/mol. The Morgan fingerprint density at radius 1 is 1.62 bits per heavy atom. The molecule has 0 aliphatic carbocycles. The second kappa shape index (κ2) is 4.78. The summed E-state index contributed by atoms with van der Waals surface area (Å²) in [6.45, 7) is 3.98. The van der Waals surface area contributed by atoms with Gasteiger partial charge in [0.15, 0.2) is 0 Å². The fourth-order valence-corrected chi connectivity index (χ4v) is 2.30. The minimum atomic E-state index is 0.219. The number of hydrogen-bond donors (Lipinski definition) is 1. The molecule has 1 aromatic rings. The van der Waals surface area contributed by atoms with E-state index in [2.05, 4.69) is 17.3 Å². The van der Waals surface area contributed by atoms with E-state index < -0.39 is 0 Å². The highest BCUT2D eigenvalue weighted by atomic mass is 16.1. The molecule has 1 aliphatic rings. The van der Waals surface area contributed by atoms with E-state index in [-0.39, 0.29) is 5.92 Å². The normalized spacial score (nSPS) is 24.9. The standard InChI is InChI=1S/C12H19N3O/c1-9-5-13-7-11(9)12(16)4-3-10-6-14-15(2)8-10/h6,8-9,11,13H,3-5,7H2,1-2H3. The molecule has 0 aromatic carbocycles. The van der Waals surface area contributed by atoms with Crippen molar-refractivity contribution in [3.8, 4) is 0 Å². The van der Waals surface area contributed by atoms with Gasteiger partial charge in [0.1, 0.15) is 5.78 Å². The van der Waals surface area contributed by atoms with E-state index in [1.165, 1.54) is 0 Å². The van der Waals surface area contributed by atoms with Gasteiger partial charge in [0.2, 0.25) is 0 Å². The van der Waals surface area contributed by atoms with E-state index in [9.17, 15) is 4.79 Å². The van der Waals surface area contributed by atoms with Crippen molar-refractivity contribution < 1.29 is 4.79 Å². The van der Waals surface area contributed by atoms with Crippen LogP contribution in [0.1, 0.15) is 18.9 Å². The molecular formula is C12H19N3O. The summed E-state index contributed by atoms with van der Waals surface area (Å²) in [4.78, 5) is 12.0. The Labute approximate surface area is 96.0 Å². The lowest BCUT2D eigenvalue weighted by molar-refractivity contribution is -0.123. The molecule has 1 fully saturated rings. The molecule has 2 heterocycles. The first-order valence-electron chi connectivity index (χ1n) is 5.88. The fourth-order valence-electron chi connectivity index (χ4n) is 2.30. The zero-order valence-electron chi connectivity index (χ0n) is 9.94. The van der Waals surface area contributed by atoms with Crippen LogP contribution >= 0.6 is 0 Å². The average molecular weight is 221 g/mol. The highest BCUT2D eigenvalue weighted by molar-refractivity contribution is 5.82. The lowest BCUT2D eigenvalue weighted by Crippen LogP contribution is -2.21. The minimum absolute atomic E-state index is 0.219. The van der Waals surface area contributed by atoms with Crippen molar-refractivity contribution in [2.75, 3.05) is 13.1 Å². The summed E-state index contributed by atoms with van der Waals surface area (Å²) in [6, 6.07) is 0. The van der Waals surface area contributed by atoms with Crippen molar-refractivity contribution >= 4 is 5.78 Å². The van der Waals surface area contributed by atoms with Crippen LogP contribution < -0.4 is 5.32 Å². The van der Waals surface area contributed by atoms with Crippen molar-refractivity contribution in [1.29, 1.82) is 0 Å². The predicted octanol–water partition coefficient (Wildman–Crippen LogP) is 0.777. The molecule has 1 N–H and O–H groups in total. The van der Waals surface area contributed by atoms with Crippen LogP contribution in [0.25, 0.3) is 0 Å². The lowest BCUT2D eigenvalue weighted by atomic mass is 9.91. The first kappa shape index (κ1) is 11.3. The van der Waals surface area contributed by atoms with Gasteiger partial charge in [-0.1, -0.05) is 6.92 Å². The number of Topliss-reactive ketones (excluding diaryl/α,β-unsaturated/α-hetero) is 1. The van der Waals surface area contributed by atoms with Gasteiger partial charge < -0.3 is 5.32 Å². The van der Waals surface area contributed by atoms with Crippen LogP contribution in [0.2, 0.25) is 0 Å². The van der Waals surface area contributed by atoms with Crippen molar-refractivity contribution in [2.24, 2.45) is 18.9 Å². The number of carbonyl (C=O) groups is 1. The maximum atomic E-state index is 12.0. The van der Waals surface area contributed by atoms with E-state index in [4.69, 9.17) is 0 Å². The summed E-state index contributed by atoms with van der Waals surface area (Å²) in [5, 5.41) is 7.37. The summed E-state index contributed by atoms with van der Waals surface area (Å²) in [5.41, 5.74) is 1.15. The first-order chi connectivity index (χ1) is 7.66. The van der Waals surface area contributed by atoms with Crippen LogP contribution in [0.3, 0.4) is 0 Å². The van der Waals surface area contributed by atoms with Gasteiger partial charge in [-0.15, -0.1) is 0 Å². The Hall–Kier alpha value is -1.16. The zero-order valence-corrected chi connectivity index (χ0v) is 9.94. The third kappa shape index (κ3) is 2.50. The highest BCUT2D eigenvalue weighted by Gasteiger charge is 2.28. The van der Waals surface area contributed by atoms with Crippen LogP contribution in [0.4, 0.5) is 0 Å². The second-order valence-corrected chi connectivity index (χ2v) is 4.73. The highest BCUT2D eigenvalue weighted by Crippen LogP contribution is 2.19. The topological polar surface area (TPSA) is 46.9 Å². The SMILES string of the molecule is CC1CNCC1C(=O)CCc1cnn(C)c1. The van der Waals surface area contributed by atoms with Gasteiger partial charge in [0.05, 0.1) is 6.20 Å². The van der Waals surface area contributed by atoms with Crippen molar-refractivity contribution in [3.63, 3.8) is 0 Å². The van der Waals surface area contributed by atoms with E-state index in [1.54, 1.807) is 4.68 Å². The third-order valence-electron chi connectivity index (χ3n) is 3.35. The molecule has 2 rings (SSSR count). The quantitative estimate of drug-likeness (QED) is 0.817. The van der Waals surface area contributed by atoms with E-state index in [0.29, 0.717) is 18.1 Å². The summed E-state index contributed by atoms with van der Waals surface area (Å²) in [6.07, 6.45) is 5.27. The maximum absolute atomic E-state index is 12.0. The van der Waals surface area contributed by atoms with Crippen LogP contribution in [0.15, 0.2) is 12.4 Å². The molecule has 2 unspecified atom stereocenters. The molecule has 0 bridgehead atoms. The molecule has 0 saturated carbocycles. The molecule has 0 radical (unpaired) electrons. The molecule has 1 aromatic heterocycles. The van der Waals surface area contributed by atoms with Crippen molar-refractivity contribution in [2.45, 2.75) is 19.8 Å². The van der Waals surface area contributed by atoms with Gasteiger partial charge in [-0.3, -0.25) is 9.48 Å². The van der Waals surface area contributed by atoms with Crippen LogP contribution in [0.5, 0.6) is 0 Å². The number of carbonyl (C=O) groups excluding carboxylic acids is 1. The molecule has 0 amide bonds. The number of aromatic nitrogens is 2. The van der Waals surface area contributed by atoms with Gasteiger partial charge in [0, 0.05) is 32.1 Å².